The van der Waals surface area contributed by atoms with E-state index in [0.29, 0.717) is 17.4 Å². The van der Waals surface area contributed by atoms with Crippen LogP contribution in [0.1, 0.15) is 5.56 Å². The topological polar surface area (TPSA) is 54.0 Å². The zero-order valence-electron chi connectivity index (χ0n) is 12.8. The number of aromatic nitrogens is 3. The molecule has 0 aliphatic carbocycles. The van der Waals surface area contributed by atoms with Crippen molar-refractivity contribution in [2.75, 3.05) is 17.9 Å². The van der Waals surface area contributed by atoms with E-state index in [-0.39, 0.29) is 5.88 Å². The summed E-state index contributed by atoms with van der Waals surface area (Å²) in [6.07, 6.45) is 0.426. The first kappa shape index (κ1) is 15.2. The van der Waals surface area contributed by atoms with Gasteiger partial charge in [-0.3, -0.25) is 4.90 Å². The number of nitrogens with one attached hydrogen (secondary N) is 1. The van der Waals surface area contributed by atoms with E-state index in [1.54, 1.807) is 11.8 Å². The maximum atomic E-state index is 12.6. The summed E-state index contributed by atoms with van der Waals surface area (Å²) < 4.78 is 30.5. The van der Waals surface area contributed by atoms with Gasteiger partial charge in [0.15, 0.2) is 0 Å². The van der Waals surface area contributed by atoms with E-state index < -0.39 is 12.8 Å². The van der Waals surface area contributed by atoms with Crippen molar-refractivity contribution in [3.05, 3.63) is 36.2 Å². The van der Waals surface area contributed by atoms with Gasteiger partial charge in [0.05, 0.1) is 24.2 Å². The minimum absolute atomic E-state index is 0.192. The lowest BCUT2D eigenvalue weighted by Crippen LogP contribution is -2.16. The molecule has 8 heteroatoms. The van der Waals surface area contributed by atoms with Crippen molar-refractivity contribution < 1.29 is 13.5 Å². The van der Waals surface area contributed by atoms with Crippen LogP contribution in [0.15, 0.2) is 35.5 Å². The minimum atomic E-state index is -2.46. The van der Waals surface area contributed by atoms with Crippen molar-refractivity contribution in [1.82, 2.24) is 15.0 Å². The first-order chi connectivity index (χ1) is 11.7. The largest absolute Gasteiger partial charge is 0.481 e. The summed E-state index contributed by atoms with van der Waals surface area (Å²) in [7, 11) is 1.43. The smallest absolute Gasteiger partial charge is 0.242 e. The van der Waals surface area contributed by atoms with Gasteiger partial charge in [-0.25, -0.2) is 13.8 Å². The molecule has 0 saturated carbocycles. The lowest BCUT2D eigenvalue weighted by molar-refractivity contribution is 0.147. The molecule has 5 nitrogen and oxygen atoms in total. The number of alkyl halides is 2. The highest BCUT2D eigenvalue weighted by atomic mass is 32.2. The number of aromatic amines is 1. The Labute approximate surface area is 141 Å². The van der Waals surface area contributed by atoms with Gasteiger partial charge in [0, 0.05) is 34.7 Å². The van der Waals surface area contributed by atoms with E-state index in [0.717, 1.165) is 21.5 Å². The van der Waals surface area contributed by atoms with E-state index in [1.807, 2.05) is 17.2 Å². The van der Waals surface area contributed by atoms with Gasteiger partial charge in [-0.1, -0.05) is 6.07 Å². The molecule has 3 heterocycles. The summed E-state index contributed by atoms with van der Waals surface area (Å²) in [6.45, 7) is 0. The Kier molecular flexibility index (Phi) is 3.76. The van der Waals surface area contributed by atoms with Crippen LogP contribution in [-0.2, 0) is 6.42 Å². The van der Waals surface area contributed by atoms with Crippen molar-refractivity contribution in [2.45, 2.75) is 17.7 Å². The molecule has 1 N–H and O–H groups in total. The fraction of sp³-hybridized carbons (Fsp3) is 0.250. The van der Waals surface area contributed by atoms with Crippen molar-refractivity contribution in [3.8, 4) is 5.88 Å². The van der Waals surface area contributed by atoms with Crippen molar-refractivity contribution in [1.29, 1.82) is 0 Å². The molecular formula is C16H14F2N4OS. The second kappa shape index (κ2) is 5.94. The van der Waals surface area contributed by atoms with Gasteiger partial charge in [-0.2, -0.15) is 4.98 Å². The average molecular weight is 348 g/mol. The molecule has 1 aliphatic heterocycles. The summed E-state index contributed by atoms with van der Waals surface area (Å²) in [4.78, 5) is 15.0. The molecule has 0 fully saturated rings. The first-order valence-electron chi connectivity index (χ1n) is 7.36. The molecule has 1 aliphatic rings. The van der Waals surface area contributed by atoms with E-state index in [2.05, 4.69) is 27.1 Å². The summed E-state index contributed by atoms with van der Waals surface area (Å²) in [5.74, 6) is 1.29. The number of nitrogens with zero attached hydrogens (tertiary/aromatic N) is 3. The molecule has 0 spiro atoms. The van der Waals surface area contributed by atoms with Crippen LogP contribution in [0.2, 0.25) is 0 Å². The highest BCUT2D eigenvalue weighted by Crippen LogP contribution is 2.45. The normalized spacial score (nSPS) is 13.8. The Morgan fingerprint density at radius 2 is 2.25 bits per heavy atom. The summed E-state index contributed by atoms with van der Waals surface area (Å²) in [5, 5.41) is 1.10. The van der Waals surface area contributed by atoms with Crippen LogP contribution in [0.5, 0.6) is 5.88 Å². The summed E-state index contributed by atoms with van der Waals surface area (Å²) >= 11 is 1.68. The fourth-order valence-corrected chi connectivity index (χ4v) is 3.86. The van der Waals surface area contributed by atoms with Gasteiger partial charge in [-0.15, -0.1) is 11.8 Å². The van der Waals surface area contributed by atoms with Gasteiger partial charge in [0.25, 0.3) is 0 Å². The van der Waals surface area contributed by atoms with Gasteiger partial charge in [-0.05, 0) is 12.1 Å². The van der Waals surface area contributed by atoms with Crippen LogP contribution in [0.25, 0.3) is 10.9 Å². The third-order valence-electron chi connectivity index (χ3n) is 3.90. The summed E-state index contributed by atoms with van der Waals surface area (Å²) in [5.41, 5.74) is 2.32. The molecule has 124 valence electrons. The SMILES string of the molecule is COc1nc(N2CSc3ccc4cc[nH]c4c32)ncc1CC(F)F. The molecular weight excluding hydrogens is 334 g/mol. The fourth-order valence-electron chi connectivity index (χ4n) is 2.83. The van der Waals surface area contributed by atoms with E-state index in [4.69, 9.17) is 4.74 Å². The standard InChI is InChI=1S/C16H14F2N4OS/c1-23-15-10(6-12(17)18)7-20-16(21-15)22-8-24-11-3-2-9-4-5-19-13(9)14(11)22/h2-5,7,12,19H,6,8H2,1H3. The monoisotopic (exact) mass is 348 g/mol. The number of hydrogen-bond donors (Lipinski definition) is 1. The number of fused-ring (bicyclic) bond motifs is 3. The number of halogens is 2. The molecule has 2 aromatic heterocycles. The molecule has 0 amide bonds. The molecule has 0 bridgehead atoms. The minimum Gasteiger partial charge on any atom is -0.481 e. The number of ether oxygens (including phenoxy) is 1. The number of rotatable bonds is 4. The van der Waals surface area contributed by atoms with Gasteiger partial charge < -0.3 is 9.72 Å². The number of H-pyrrole nitrogens is 1. The number of anilines is 2. The van der Waals surface area contributed by atoms with Crippen molar-refractivity contribution >= 4 is 34.3 Å². The molecule has 0 saturated heterocycles. The zero-order valence-corrected chi connectivity index (χ0v) is 13.6. The van der Waals surface area contributed by atoms with Gasteiger partial charge in [0.1, 0.15) is 0 Å². The maximum absolute atomic E-state index is 12.6. The van der Waals surface area contributed by atoms with Crippen molar-refractivity contribution in [2.24, 2.45) is 0 Å². The first-order valence-corrected chi connectivity index (χ1v) is 8.34. The number of thioether (sulfide) groups is 1. The van der Waals surface area contributed by atoms with Crippen LogP contribution < -0.4 is 9.64 Å². The van der Waals surface area contributed by atoms with Gasteiger partial charge >= 0.3 is 0 Å². The Hall–Kier alpha value is -2.35. The maximum Gasteiger partial charge on any atom is 0.242 e. The molecule has 1 aromatic carbocycles. The van der Waals surface area contributed by atoms with E-state index >= 15 is 0 Å². The predicted molar refractivity (Wildman–Crippen MR) is 89.5 cm³/mol. The van der Waals surface area contributed by atoms with Crippen LogP contribution in [-0.4, -0.2) is 34.4 Å². The predicted octanol–water partition coefficient (Wildman–Crippen LogP) is 3.98. The molecule has 0 radical (unpaired) electrons. The van der Waals surface area contributed by atoms with Crippen molar-refractivity contribution in [3.63, 3.8) is 0 Å². The molecule has 0 atom stereocenters. The quantitative estimate of drug-likeness (QED) is 0.773. The Bertz CT molecular complexity index is 899. The third kappa shape index (κ3) is 2.47. The molecule has 4 rings (SSSR count). The molecule has 0 unspecified atom stereocenters. The second-order valence-corrected chi connectivity index (χ2v) is 6.34. The third-order valence-corrected chi connectivity index (χ3v) is 4.93. The highest BCUT2D eigenvalue weighted by molar-refractivity contribution is 8.00. The Morgan fingerprint density at radius 1 is 1.38 bits per heavy atom. The van der Waals surface area contributed by atoms with Crippen LogP contribution in [0.4, 0.5) is 20.4 Å². The second-order valence-electron chi connectivity index (χ2n) is 5.36. The summed E-state index contributed by atoms with van der Waals surface area (Å²) in [6, 6.07) is 6.14. The zero-order chi connectivity index (χ0) is 16.7. The lowest BCUT2D eigenvalue weighted by Gasteiger charge is -2.18. The van der Waals surface area contributed by atoms with E-state index in [9.17, 15) is 8.78 Å². The average Bonchev–Trinajstić information content (AvgIpc) is 3.20. The number of benzene rings is 1. The van der Waals surface area contributed by atoms with Gasteiger partial charge in [0.2, 0.25) is 18.3 Å². The van der Waals surface area contributed by atoms with Crippen LogP contribution in [0.3, 0.4) is 0 Å². The molecule has 3 aromatic rings. The van der Waals surface area contributed by atoms with Crippen LogP contribution in [0, 0.1) is 0 Å². The number of methoxy groups -OCH3 is 1. The molecule has 24 heavy (non-hydrogen) atoms. The Balaban J connectivity index is 1.78. The van der Waals surface area contributed by atoms with Crippen LogP contribution >= 0.6 is 11.8 Å². The number of hydrogen-bond acceptors (Lipinski definition) is 5. The van der Waals surface area contributed by atoms with E-state index in [1.165, 1.54) is 13.3 Å². The lowest BCUT2D eigenvalue weighted by atomic mass is 10.2. The Morgan fingerprint density at radius 3 is 3.04 bits per heavy atom. The highest BCUT2D eigenvalue weighted by Gasteiger charge is 2.27.